The molecule has 0 spiro atoms. The van der Waals surface area contributed by atoms with Crippen LogP contribution < -0.4 is 4.74 Å². The van der Waals surface area contributed by atoms with Crippen molar-refractivity contribution in [2.45, 2.75) is 45.4 Å². The highest BCUT2D eigenvalue weighted by Gasteiger charge is 1.94. The molecule has 0 N–H and O–H groups in total. The number of hydrogen-bond donors (Lipinski definition) is 0. The van der Waals surface area contributed by atoms with Crippen LogP contribution in [0.2, 0.25) is 0 Å². The number of ether oxygens (including phenoxy) is 2. The lowest BCUT2D eigenvalue weighted by Crippen LogP contribution is -1.97. The molecule has 0 aliphatic rings. The maximum absolute atomic E-state index is 5.69. The molecule has 0 aromatic heterocycles. The van der Waals surface area contributed by atoms with Crippen LogP contribution >= 0.6 is 0 Å². The summed E-state index contributed by atoms with van der Waals surface area (Å²) in [7, 11) is 1.77. The molecule has 0 atom stereocenters. The van der Waals surface area contributed by atoms with Crippen molar-refractivity contribution >= 4 is 0 Å². The second-order valence-electron chi connectivity index (χ2n) is 4.78. The number of unbranched alkanes of at least 4 members (excludes halogenated alkanes) is 5. The lowest BCUT2D eigenvalue weighted by molar-refractivity contribution is 0.191. The second kappa shape index (κ2) is 9.95. The molecule has 2 heteroatoms. The minimum Gasteiger partial charge on any atom is -0.494 e. The molecule has 1 rings (SSSR count). The molecule has 0 amide bonds. The molecule has 0 aliphatic carbocycles. The quantitative estimate of drug-likeness (QED) is 0.574. The molecule has 0 unspecified atom stereocenters. The van der Waals surface area contributed by atoms with Crippen molar-refractivity contribution in [2.75, 3.05) is 20.3 Å². The van der Waals surface area contributed by atoms with Gasteiger partial charge < -0.3 is 9.47 Å². The largest absolute Gasteiger partial charge is 0.494 e. The normalized spacial score (nSPS) is 10.6. The molecule has 0 saturated carbocycles. The van der Waals surface area contributed by atoms with E-state index in [2.05, 4.69) is 19.1 Å². The van der Waals surface area contributed by atoms with E-state index in [0.29, 0.717) is 0 Å². The van der Waals surface area contributed by atoms with Crippen molar-refractivity contribution in [2.24, 2.45) is 0 Å². The third-order valence-electron chi connectivity index (χ3n) is 3.03. The van der Waals surface area contributed by atoms with Gasteiger partial charge in [-0.25, -0.2) is 0 Å². The van der Waals surface area contributed by atoms with Gasteiger partial charge in [-0.1, -0.05) is 43.4 Å². The van der Waals surface area contributed by atoms with Crippen molar-refractivity contribution in [1.29, 1.82) is 0 Å². The van der Waals surface area contributed by atoms with Gasteiger partial charge in [-0.15, -0.1) is 0 Å². The summed E-state index contributed by atoms with van der Waals surface area (Å²) in [5.74, 6) is 0.987. The molecule has 18 heavy (non-hydrogen) atoms. The molecule has 0 heterocycles. The smallest absolute Gasteiger partial charge is 0.119 e. The van der Waals surface area contributed by atoms with E-state index >= 15 is 0 Å². The van der Waals surface area contributed by atoms with Gasteiger partial charge >= 0.3 is 0 Å². The SMILES string of the molecule is COCCCCCCCCOc1ccc(C)cc1. The maximum Gasteiger partial charge on any atom is 0.119 e. The van der Waals surface area contributed by atoms with Crippen LogP contribution in [0.4, 0.5) is 0 Å². The molecule has 1 aromatic rings. The summed E-state index contributed by atoms with van der Waals surface area (Å²) in [5.41, 5.74) is 1.28. The van der Waals surface area contributed by atoms with Gasteiger partial charge in [-0.3, -0.25) is 0 Å². The Morgan fingerprint density at radius 3 is 1.94 bits per heavy atom. The maximum atomic E-state index is 5.69. The van der Waals surface area contributed by atoms with E-state index in [-0.39, 0.29) is 0 Å². The Bertz CT molecular complexity index is 292. The molecule has 2 nitrogen and oxygen atoms in total. The van der Waals surface area contributed by atoms with E-state index < -0.39 is 0 Å². The Morgan fingerprint density at radius 2 is 1.33 bits per heavy atom. The minimum atomic E-state index is 0.834. The van der Waals surface area contributed by atoms with Gasteiger partial charge in [-0.2, -0.15) is 0 Å². The van der Waals surface area contributed by atoms with Crippen molar-refractivity contribution < 1.29 is 9.47 Å². The number of rotatable bonds is 10. The molecule has 102 valence electrons. The Kier molecular flexibility index (Phi) is 8.32. The first kappa shape index (κ1) is 15.0. The third-order valence-corrected chi connectivity index (χ3v) is 3.03. The average molecular weight is 250 g/mol. The zero-order chi connectivity index (χ0) is 13.1. The van der Waals surface area contributed by atoms with Crippen molar-refractivity contribution in [3.63, 3.8) is 0 Å². The summed E-state index contributed by atoms with van der Waals surface area (Å²) in [4.78, 5) is 0. The summed E-state index contributed by atoms with van der Waals surface area (Å²) in [6, 6.07) is 8.26. The monoisotopic (exact) mass is 250 g/mol. The van der Waals surface area contributed by atoms with Gasteiger partial charge in [0.1, 0.15) is 5.75 Å². The molecule has 1 aromatic carbocycles. The Hall–Kier alpha value is -1.02. The first-order valence-electron chi connectivity index (χ1n) is 7.01. The van der Waals surface area contributed by atoms with Crippen LogP contribution in [0, 0.1) is 6.92 Å². The van der Waals surface area contributed by atoms with Gasteiger partial charge in [-0.05, 0) is 31.9 Å². The number of aryl methyl sites for hydroxylation is 1. The summed E-state index contributed by atoms with van der Waals surface area (Å²) in [6.07, 6.45) is 7.51. The highest BCUT2D eigenvalue weighted by Crippen LogP contribution is 2.12. The lowest BCUT2D eigenvalue weighted by Gasteiger charge is -2.06. The van der Waals surface area contributed by atoms with E-state index in [1.54, 1.807) is 7.11 Å². The first-order valence-corrected chi connectivity index (χ1v) is 7.01. The van der Waals surface area contributed by atoms with Gasteiger partial charge in [0.15, 0.2) is 0 Å². The van der Waals surface area contributed by atoms with Crippen LogP contribution in [0.25, 0.3) is 0 Å². The van der Waals surface area contributed by atoms with E-state index in [1.165, 1.54) is 37.7 Å². The zero-order valence-electron chi connectivity index (χ0n) is 11.8. The number of methoxy groups -OCH3 is 1. The fourth-order valence-corrected chi connectivity index (χ4v) is 1.88. The summed E-state index contributed by atoms with van der Waals surface area (Å²) < 4.78 is 10.7. The molecule has 0 fully saturated rings. The molecule has 0 saturated heterocycles. The molecule has 0 bridgehead atoms. The highest BCUT2D eigenvalue weighted by atomic mass is 16.5. The van der Waals surface area contributed by atoms with Crippen LogP contribution in [0.1, 0.15) is 44.1 Å². The number of hydrogen-bond acceptors (Lipinski definition) is 2. The molecule has 0 radical (unpaired) electrons. The van der Waals surface area contributed by atoms with Crippen molar-refractivity contribution in [3.8, 4) is 5.75 Å². The van der Waals surface area contributed by atoms with E-state index in [1.807, 2.05) is 12.1 Å². The summed E-state index contributed by atoms with van der Waals surface area (Å²) in [5, 5.41) is 0. The molecule has 0 aliphatic heterocycles. The van der Waals surface area contributed by atoms with Crippen LogP contribution in [-0.2, 0) is 4.74 Å². The standard InChI is InChI=1S/C16H26O2/c1-15-9-11-16(12-10-15)18-14-8-6-4-3-5-7-13-17-2/h9-12H,3-8,13-14H2,1-2H3. The van der Waals surface area contributed by atoms with Crippen LogP contribution in [0.3, 0.4) is 0 Å². The summed E-state index contributed by atoms with van der Waals surface area (Å²) >= 11 is 0. The van der Waals surface area contributed by atoms with Crippen LogP contribution in [0.5, 0.6) is 5.75 Å². The zero-order valence-corrected chi connectivity index (χ0v) is 11.8. The fourth-order valence-electron chi connectivity index (χ4n) is 1.88. The highest BCUT2D eigenvalue weighted by molar-refractivity contribution is 5.26. The average Bonchev–Trinajstić information content (AvgIpc) is 2.39. The Balaban J connectivity index is 1.91. The molecular weight excluding hydrogens is 224 g/mol. The van der Waals surface area contributed by atoms with Crippen molar-refractivity contribution in [1.82, 2.24) is 0 Å². The fraction of sp³-hybridized carbons (Fsp3) is 0.625. The second-order valence-corrected chi connectivity index (χ2v) is 4.78. The Labute approximate surface area is 111 Å². The van der Waals surface area contributed by atoms with Gasteiger partial charge in [0.25, 0.3) is 0 Å². The van der Waals surface area contributed by atoms with Crippen LogP contribution in [-0.4, -0.2) is 20.3 Å². The predicted octanol–water partition coefficient (Wildman–Crippen LogP) is 4.36. The van der Waals surface area contributed by atoms with Gasteiger partial charge in [0, 0.05) is 13.7 Å². The lowest BCUT2D eigenvalue weighted by atomic mass is 10.1. The first-order chi connectivity index (χ1) is 8.83. The topological polar surface area (TPSA) is 18.5 Å². The van der Waals surface area contributed by atoms with Gasteiger partial charge in [0.05, 0.1) is 6.61 Å². The predicted molar refractivity (Wildman–Crippen MR) is 76.3 cm³/mol. The van der Waals surface area contributed by atoms with Crippen LogP contribution in [0.15, 0.2) is 24.3 Å². The molecular formula is C16H26O2. The number of benzene rings is 1. The van der Waals surface area contributed by atoms with Crippen molar-refractivity contribution in [3.05, 3.63) is 29.8 Å². The van der Waals surface area contributed by atoms with E-state index in [0.717, 1.165) is 25.4 Å². The third kappa shape index (κ3) is 7.33. The van der Waals surface area contributed by atoms with Gasteiger partial charge in [0.2, 0.25) is 0 Å². The Morgan fingerprint density at radius 1 is 0.778 bits per heavy atom. The summed E-state index contributed by atoms with van der Waals surface area (Å²) in [6.45, 7) is 3.82. The van der Waals surface area contributed by atoms with E-state index in [9.17, 15) is 0 Å². The van der Waals surface area contributed by atoms with E-state index in [4.69, 9.17) is 9.47 Å². The minimum absolute atomic E-state index is 0.834.